The molecule has 0 radical (unpaired) electrons. The summed E-state index contributed by atoms with van der Waals surface area (Å²) in [4.78, 5) is 0. The Kier molecular flexibility index (Phi) is 0.268. The molecule has 1 rings (SSSR count). The second-order valence-electron chi connectivity index (χ2n) is 1.17. The van der Waals surface area contributed by atoms with Crippen LogP contribution in [0.4, 0.5) is 4.32 Å². The Labute approximate surface area is 25.1 Å². The topological polar surface area (TPSA) is 0 Å². The average molecular weight is 57.9 g/mol. The molecule has 0 saturated carbocycles. The summed E-state index contributed by atoms with van der Waals surface area (Å²) in [5.74, 6) is 0. The van der Waals surface area contributed by atoms with Crippen LogP contribution in [0.25, 0.3) is 0 Å². The van der Waals surface area contributed by atoms with E-state index >= 15 is 0 Å². The third-order valence-electron chi connectivity index (χ3n) is 0.507. The highest BCUT2D eigenvalue weighted by Gasteiger charge is 2.26. The van der Waals surface area contributed by atoms with Gasteiger partial charge in [-0.3, -0.25) is 0 Å². The lowest BCUT2D eigenvalue weighted by molar-refractivity contribution is 0.869. The maximum absolute atomic E-state index is 11.1. The van der Waals surface area contributed by atoms with Crippen molar-refractivity contribution in [2.45, 2.75) is 12.6 Å². The van der Waals surface area contributed by atoms with Crippen LogP contribution in [0.15, 0.2) is 0 Å². The van der Waals surface area contributed by atoms with Crippen LogP contribution in [0, 0.1) is 0 Å². The molecule has 0 atom stereocenters. The fourth-order valence-electron chi connectivity index (χ4n) is 0.0630. The van der Waals surface area contributed by atoms with Crippen molar-refractivity contribution in [3.63, 3.8) is 0 Å². The Morgan fingerprint density at radius 3 is 1.75 bits per heavy atom. The van der Waals surface area contributed by atoms with Crippen molar-refractivity contribution >= 4 is 6.99 Å². The van der Waals surface area contributed by atoms with Gasteiger partial charge in [0.15, 0.2) is 0 Å². The minimum absolute atomic E-state index is 0.417. The number of hydrogen-bond acceptors (Lipinski definition) is 0. The maximum Gasteiger partial charge on any atom is 0.347 e. The molecule has 2 heteroatoms. The van der Waals surface area contributed by atoms with E-state index in [1.807, 2.05) is 0 Å². The van der Waals surface area contributed by atoms with Crippen LogP contribution in [-0.4, -0.2) is 6.99 Å². The second kappa shape index (κ2) is 0.478. The van der Waals surface area contributed by atoms with Crippen LogP contribution in [0.2, 0.25) is 12.6 Å². The van der Waals surface area contributed by atoms with Gasteiger partial charge in [-0.2, -0.15) is 0 Å². The van der Waals surface area contributed by atoms with Crippen LogP contribution in [-0.2, 0) is 0 Å². The Hall–Kier alpha value is -0.00506. The molecule has 1 fully saturated rings. The first-order valence-corrected chi connectivity index (χ1v) is 1.53. The highest BCUT2D eigenvalue weighted by molar-refractivity contribution is 6.62. The van der Waals surface area contributed by atoms with E-state index in [1.54, 1.807) is 0 Å². The van der Waals surface area contributed by atoms with Crippen molar-refractivity contribution in [1.29, 1.82) is 0 Å². The fraction of sp³-hybridized carbons (Fsp3) is 1.00. The van der Waals surface area contributed by atoms with Gasteiger partial charge in [0, 0.05) is 0 Å². The van der Waals surface area contributed by atoms with Crippen molar-refractivity contribution in [2.75, 3.05) is 0 Å². The number of halogens is 1. The Balaban J connectivity index is 2.17. The lowest BCUT2D eigenvalue weighted by atomic mass is 10.0. The Morgan fingerprint density at radius 1 is 1.50 bits per heavy atom. The average Bonchev–Trinajstić information content (AvgIpc) is 1.75. The third-order valence-corrected chi connectivity index (χ3v) is 0.507. The van der Waals surface area contributed by atoms with Gasteiger partial charge in [0.25, 0.3) is 0 Å². The Morgan fingerprint density at radius 2 is 1.75 bits per heavy atom. The lowest BCUT2D eigenvalue weighted by Gasteiger charge is -1.42. The second-order valence-corrected chi connectivity index (χ2v) is 1.17. The van der Waals surface area contributed by atoms with Crippen molar-refractivity contribution < 1.29 is 4.32 Å². The van der Waals surface area contributed by atoms with E-state index in [9.17, 15) is 4.32 Å². The zero-order valence-corrected chi connectivity index (χ0v) is 2.37. The molecule has 1 saturated heterocycles. The molecule has 0 spiro atoms. The normalized spacial score (nSPS) is 21.8. The monoisotopic (exact) mass is 58.0 g/mol. The predicted octanol–water partition coefficient (Wildman–Crippen LogP) is 0.961. The molecule has 4 heavy (non-hydrogen) atoms. The maximum atomic E-state index is 11.1. The van der Waals surface area contributed by atoms with E-state index in [0.717, 1.165) is 12.6 Å². The van der Waals surface area contributed by atoms with E-state index < -0.39 is 6.99 Å². The Bertz CT molecular complexity index is 25.2. The first kappa shape index (κ1) is 2.25. The van der Waals surface area contributed by atoms with E-state index in [2.05, 4.69) is 0 Å². The molecular weight excluding hydrogens is 53.8 g/mol. The minimum Gasteiger partial charge on any atom is -0.336 e. The molecule has 0 bridgehead atoms. The van der Waals surface area contributed by atoms with E-state index in [1.165, 1.54) is 0 Å². The van der Waals surface area contributed by atoms with Crippen LogP contribution in [0.5, 0.6) is 0 Å². The predicted molar refractivity (Wildman–Crippen MR) is 16.5 cm³/mol. The van der Waals surface area contributed by atoms with Crippen LogP contribution in [0.1, 0.15) is 0 Å². The van der Waals surface area contributed by atoms with Crippen molar-refractivity contribution in [3.05, 3.63) is 0 Å². The number of hydrogen-bond donors (Lipinski definition) is 0. The molecule has 1 aliphatic heterocycles. The van der Waals surface area contributed by atoms with Crippen LogP contribution in [0.3, 0.4) is 0 Å². The van der Waals surface area contributed by atoms with Crippen molar-refractivity contribution in [1.82, 2.24) is 0 Å². The molecule has 0 N–H and O–H groups in total. The molecule has 1 aliphatic rings. The van der Waals surface area contributed by atoms with Gasteiger partial charge >= 0.3 is 6.99 Å². The summed E-state index contributed by atoms with van der Waals surface area (Å²) in [6.07, 6.45) is 1.64. The molecule has 0 aromatic rings. The van der Waals surface area contributed by atoms with E-state index in [4.69, 9.17) is 0 Å². The van der Waals surface area contributed by atoms with Gasteiger partial charge < -0.3 is 4.32 Å². The zero-order valence-electron chi connectivity index (χ0n) is 2.37. The summed E-state index contributed by atoms with van der Waals surface area (Å²) in [7, 11) is 0. The lowest BCUT2D eigenvalue weighted by Crippen LogP contribution is -1.59. The molecule has 0 amide bonds. The smallest absolute Gasteiger partial charge is 0.336 e. The first-order chi connectivity index (χ1) is 1.89. The molecule has 0 aromatic heterocycles. The zero-order chi connectivity index (χ0) is 2.99. The molecule has 0 unspecified atom stereocenters. The summed E-state index contributed by atoms with van der Waals surface area (Å²) < 4.78 is 11.1. The van der Waals surface area contributed by atoms with Gasteiger partial charge in [-0.1, -0.05) is 0 Å². The summed E-state index contributed by atoms with van der Waals surface area (Å²) in [5.41, 5.74) is 0. The van der Waals surface area contributed by atoms with E-state index in [-0.39, 0.29) is 0 Å². The first-order valence-electron chi connectivity index (χ1n) is 1.53. The standard InChI is InChI=1S/C2H4BF/c4-3-1-2-3/h1-2H2. The SMILES string of the molecule is FB1CC1. The van der Waals surface area contributed by atoms with Gasteiger partial charge in [-0.05, 0) is 12.6 Å². The van der Waals surface area contributed by atoms with Gasteiger partial charge in [0.05, 0.1) is 0 Å². The molecular formula is C2H4BF. The quantitative estimate of drug-likeness (QED) is 0.364. The summed E-state index contributed by atoms with van der Waals surface area (Å²) >= 11 is 0. The van der Waals surface area contributed by atoms with Crippen molar-refractivity contribution in [3.8, 4) is 0 Å². The molecule has 0 aliphatic carbocycles. The molecule has 1 heterocycles. The van der Waals surface area contributed by atoms with Gasteiger partial charge in [0.2, 0.25) is 0 Å². The van der Waals surface area contributed by atoms with Gasteiger partial charge in [0.1, 0.15) is 0 Å². The van der Waals surface area contributed by atoms with Crippen LogP contribution >= 0.6 is 0 Å². The van der Waals surface area contributed by atoms with Gasteiger partial charge in [-0.15, -0.1) is 0 Å². The summed E-state index contributed by atoms with van der Waals surface area (Å²) in [5, 5.41) is 0. The highest BCUT2D eigenvalue weighted by Crippen LogP contribution is 2.20. The third kappa shape index (κ3) is 0.220. The summed E-state index contributed by atoms with van der Waals surface area (Å²) in [6.45, 7) is -0.417. The molecule has 22 valence electrons. The largest absolute Gasteiger partial charge is 0.347 e. The van der Waals surface area contributed by atoms with E-state index in [0.29, 0.717) is 0 Å². The van der Waals surface area contributed by atoms with Crippen LogP contribution < -0.4 is 0 Å². The molecule has 0 aromatic carbocycles. The van der Waals surface area contributed by atoms with Crippen molar-refractivity contribution in [2.24, 2.45) is 0 Å². The molecule has 0 nitrogen and oxygen atoms in total. The summed E-state index contributed by atoms with van der Waals surface area (Å²) in [6, 6.07) is 0. The minimum atomic E-state index is -0.417. The fourth-order valence-corrected chi connectivity index (χ4v) is 0.0630. The van der Waals surface area contributed by atoms with Gasteiger partial charge in [-0.25, -0.2) is 0 Å². The number of rotatable bonds is 0. The highest BCUT2D eigenvalue weighted by atomic mass is 19.1.